The Bertz CT molecular complexity index is 488. The van der Waals surface area contributed by atoms with Gasteiger partial charge in [-0.1, -0.05) is 6.07 Å². The first-order chi connectivity index (χ1) is 9.33. The number of carbonyl (C=O) groups excluding carboxylic acids is 1. The second kappa shape index (κ2) is 5.64. The molecule has 0 bridgehead atoms. The van der Waals surface area contributed by atoms with E-state index < -0.39 is 11.5 Å². The van der Waals surface area contributed by atoms with E-state index in [9.17, 15) is 9.18 Å². The van der Waals surface area contributed by atoms with Gasteiger partial charge in [-0.2, -0.15) is 4.39 Å². The minimum absolute atomic E-state index is 0.0665. The zero-order valence-electron chi connectivity index (χ0n) is 12.0. The van der Waals surface area contributed by atoms with Crippen LogP contribution in [-0.4, -0.2) is 40.7 Å². The zero-order chi connectivity index (χ0) is 14.8. The Balaban J connectivity index is 1.88. The van der Waals surface area contributed by atoms with Gasteiger partial charge in [0.1, 0.15) is 11.4 Å². The van der Waals surface area contributed by atoms with Gasteiger partial charge in [0.05, 0.1) is 0 Å². The van der Waals surface area contributed by atoms with E-state index in [0.29, 0.717) is 18.9 Å². The molecule has 0 aliphatic carbocycles. The first kappa shape index (κ1) is 14.6. The summed E-state index contributed by atoms with van der Waals surface area (Å²) >= 11 is 0. The summed E-state index contributed by atoms with van der Waals surface area (Å²) in [7, 11) is 0. The van der Waals surface area contributed by atoms with Gasteiger partial charge in [0.25, 0.3) is 0 Å². The van der Waals surface area contributed by atoms with E-state index in [0.717, 1.165) is 6.42 Å². The number of hydrogen-bond donors (Lipinski definition) is 1. The van der Waals surface area contributed by atoms with Crippen LogP contribution in [0.1, 0.15) is 27.2 Å². The molecule has 2 rings (SSSR count). The van der Waals surface area contributed by atoms with Crippen LogP contribution >= 0.6 is 0 Å². The van der Waals surface area contributed by atoms with Crippen LogP contribution < -0.4 is 5.32 Å². The highest BCUT2D eigenvalue weighted by Gasteiger charge is 2.29. The molecule has 1 aliphatic heterocycles. The van der Waals surface area contributed by atoms with Gasteiger partial charge in [-0.05, 0) is 39.3 Å². The topological polar surface area (TPSA) is 54.5 Å². The van der Waals surface area contributed by atoms with E-state index in [1.165, 1.54) is 6.07 Å². The molecule has 0 aromatic carbocycles. The molecule has 1 N–H and O–H groups in total. The first-order valence-corrected chi connectivity index (χ1v) is 6.70. The predicted octanol–water partition coefficient (Wildman–Crippen LogP) is 2.64. The van der Waals surface area contributed by atoms with E-state index in [1.54, 1.807) is 17.0 Å². The fourth-order valence-electron chi connectivity index (χ4n) is 2.07. The summed E-state index contributed by atoms with van der Waals surface area (Å²) < 4.78 is 18.3. The van der Waals surface area contributed by atoms with Crippen molar-refractivity contribution in [3.05, 3.63) is 24.1 Å². The summed E-state index contributed by atoms with van der Waals surface area (Å²) in [5, 5.41) is 3.13. The van der Waals surface area contributed by atoms with E-state index >= 15 is 0 Å². The molecule has 20 heavy (non-hydrogen) atoms. The maximum atomic E-state index is 13.0. The zero-order valence-corrected chi connectivity index (χ0v) is 12.0. The van der Waals surface area contributed by atoms with Crippen LogP contribution in [-0.2, 0) is 4.74 Å². The lowest BCUT2D eigenvalue weighted by atomic mass is 10.2. The van der Waals surface area contributed by atoms with Crippen LogP contribution in [0.25, 0.3) is 0 Å². The number of aromatic nitrogens is 1. The molecule has 1 unspecified atom stereocenters. The molecule has 1 atom stereocenters. The average molecular weight is 281 g/mol. The molecule has 1 saturated heterocycles. The van der Waals surface area contributed by atoms with Gasteiger partial charge >= 0.3 is 6.09 Å². The molecule has 110 valence electrons. The van der Waals surface area contributed by atoms with Crippen molar-refractivity contribution in [1.29, 1.82) is 0 Å². The van der Waals surface area contributed by atoms with Gasteiger partial charge in [0.15, 0.2) is 0 Å². The van der Waals surface area contributed by atoms with Crippen molar-refractivity contribution in [3.63, 3.8) is 0 Å². The van der Waals surface area contributed by atoms with Gasteiger partial charge in [-0.15, -0.1) is 0 Å². The molecule has 0 saturated carbocycles. The largest absolute Gasteiger partial charge is 0.444 e. The third-order valence-corrected chi connectivity index (χ3v) is 2.91. The van der Waals surface area contributed by atoms with Crippen molar-refractivity contribution >= 4 is 11.9 Å². The second-order valence-corrected chi connectivity index (χ2v) is 5.90. The number of nitrogens with one attached hydrogen (secondary N) is 1. The molecule has 5 nitrogen and oxygen atoms in total. The lowest BCUT2D eigenvalue weighted by molar-refractivity contribution is 0.0293. The number of hydrogen-bond acceptors (Lipinski definition) is 4. The number of carbonyl (C=O) groups is 1. The smallest absolute Gasteiger partial charge is 0.410 e. The normalized spacial score (nSPS) is 19.0. The van der Waals surface area contributed by atoms with Crippen LogP contribution in [0.4, 0.5) is 15.0 Å². The SMILES string of the molecule is CC(C)(C)OC(=O)N1CCC(Nc2cccc(F)n2)C1. The van der Waals surface area contributed by atoms with Gasteiger partial charge in [-0.25, -0.2) is 9.78 Å². The number of rotatable bonds is 2. The Hall–Kier alpha value is -1.85. The average Bonchev–Trinajstić information content (AvgIpc) is 2.75. The standard InChI is InChI=1S/C14H20FN3O2/c1-14(2,3)20-13(19)18-8-7-10(9-18)16-12-6-4-5-11(15)17-12/h4-6,10H,7-9H2,1-3H3,(H,16,17). The molecule has 1 aromatic heterocycles. The maximum absolute atomic E-state index is 13.0. The van der Waals surface area contributed by atoms with Crippen LogP contribution in [0.5, 0.6) is 0 Å². The van der Waals surface area contributed by atoms with E-state index in [1.807, 2.05) is 20.8 Å². The van der Waals surface area contributed by atoms with E-state index in [4.69, 9.17) is 4.74 Å². The molecule has 2 heterocycles. The number of likely N-dealkylation sites (tertiary alicyclic amines) is 1. The Morgan fingerprint density at radius 1 is 1.50 bits per heavy atom. The molecule has 1 fully saturated rings. The second-order valence-electron chi connectivity index (χ2n) is 5.90. The van der Waals surface area contributed by atoms with Gasteiger partial charge in [0.2, 0.25) is 5.95 Å². The summed E-state index contributed by atoms with van der Waals surface area (Å²) in [6.07, 6.45) is 0.478. The number of anilines is 1. The molecule has 1 aromatic rings. The predicted molar refractivity (Wildman–Crippen MR) is 74.0 cm³/mol. The Kier molecular flexibility index (Phi) is 4.11. The Morgan fingerprint density at radius 3 is 2.90 bits per heavy atom. The molecule has 1 aliphatic rings. The monoisotopic (exact) mass is 281 g/mol. The minimum Gasteiger partial charge on any atom is -0.444 e. The Labute approximate surface area is 118 Å². The minimum atomic E-state index is -0.517. The number of ether oxygens (including phenoxy) is 1. The lowest BCUT2D eigenvalue weighted by Crippen LogP contribution is -2.36. The highest BCUT2D eigenvalue weighted by molar-refractivity contribution is 5.68. The van der Waals surface area contributed by atoms with E-state index in [2.05, 4.69) is 10.3 Å². The summed E-state index contributed by atoms with van der Waals surface area (Å²) in [5.74, 6) is -0.0296. The fraction of sp³-hybridized carbons (Fsp3) is 0.571. The number of pyridine rings is 1. The molecular weight excluding hydrogens is 261 g/mol. The molecule has 1 amide bonds. The van der Waals surface area contributed by atoms with Crippen molar-refractivity contribution in [2.45, 2.75) is 38.8 Å². The number of amides is 1. The van der Waals surface area contributed by atoms with Crippen LogP contribution in [0.3, 0.4) is 0 Å². The number of nitrogens with zero attached hydrogens (tertiary/aromatic N) is 2. The highest BCUT2D eigenvalue weighted by Crippen LogP contribution is 2.17. The third-order valence-electron chi connectivity index (χ3n) is 2.91. The molecule has 0 spiro atoms. The van der Waals surface area contributed by atoms with Crippen molar-refractivity contribution in [2.75, 3.05) is 18.4 Å². The highest BCUT2D eigenvalue weighted by atomic mass is 19.1. The van der Waals surface area contributed by atoms with Crippen LogP contribution in [0.15, 0.2) is 18.2 Å². The van der Waals surface area contributed by atoms with E-state index in [-0.39, 0.29) is 12.1 Å². The molecule has 6 heteroatoms. The molecular formula is C14H20FN3O2. The summed E-state index contributed by atoms with van der Waals surface area (Å²) in [4.78, 5) is 17.3. The quantitative estimate of drug-likeness (QED) is 0.847. The summed E-state index contributed by atoms with van der Waals surface area (Å²) in [6.45, 7) is 6.68. The summed E-state index contributed by atoms with van der Waals surface area (Å²) in [5.41, 5.74) is -0.493. The van der Waals surface area contributed by atoms with Crippen LogP contribution in [0.2, 0.25) is 0 Å². The molecule has 0 radical (unpaired) electrons. The van der Waals surface area contributed by atoms with Gasteiger partial charge < -0.3 is 15.0 Å². The van der Waals surface area contributed by atoms with Crippen molar-refractivity contribution < 1.29 is 13.9 Å². The van der Waals surface area contributed by atoms with Crippen molar-refractivity contribution in [1.82, 2.24) is 9.88 Å². The Morgan fingerprint density at radius 2 is 2.25 bits per heavy atom. The summed E-state index contributed by atoms with van der Waals surface area (Å²) in [6, 6.07) is 4.67. The lowest BCUT2D eigenvalue weighted by Gasteiger charge is -2.24. The van der Waals surface area contributed by atoms with Gasteiger partial charge in [-0.3, -0.25) is 0 Å². The first-order valence-electron chi connectivity index (χ1n) is 6.70. The van der Waals surface area contributed by atoms with Crippen molar-refractivity contribution in [2.24, 2.45) is 0 Å². The number of halogens is 1. The third kappa shape index (κ3) is 4.08. The van der Waals surface area contributed by atoms with Gasteiger partial charge in [0, 0.05) is 19.1 Å². The van der Waals surface area contributed by atoms with Crippen LogP contribution in [0, 0.1) is 5.95 Å². The maximum Gasteiger partial charge on any atom is 0.410 e. The fourth-order valence-corrected chi connectivity index (χ4v) is 2.07. The van der Waals surface area contributed by atoms with Crippen molar-refractivity contribution in [3.8, 4) is 0 Å².